The number of hydrogen-bond acceptors (Lipinski definition) is 4. The summed E-state index contributed by atoms with van der Waals surface area (Å²) in [6.07, 6.45) is -4.41. The molecule has 0 unspecified atom stereocenters. The maximum Gasteiger partial charge on any atom is 0.416 e. The van der Waals surface area contributed by atoms with Gasteiger partial charge < -0.3 is 14.4 Å². The zero-order valence-electron chi connectivity index (χ0n) is 15.3. The summed E-state index contributed by atoms with van der Waals surface area (Å²) < 4.78 is 43.7. The standard InChI is InChI=1S/C20H19F3N2O3/c1-12(2)25(9-10-26)19(27)14-5-8-17-16(11-14)24-18(28-17)13-3-6-15(7-4-13)20(21,22)23/h3-8,11-12,26H,9-10H2,1-2H3. The maximum atomic E-state index is 12.7. The highest BCUT2D eigenvalue weighted by Gasteiger charge is 2.30. The highest BCUT2D eigenvalue weighted by atomic mass is 19.4. The number of oxazole rings is 1. The number of alkyl halides is 3. The van der Waals surface area contributed by atoms with E-state index in [1.165, 1.54) is 17.0 Å². The lowest BCUT2D eigenvalue weighted by atomic mass is 10.1. The third-order valence-electron chi connectivity index (χ3n) is 4.32. The van der Waals surface area contributed by atoms with E-state index < -0.39 is 11.7 Å². The number of benzene rings is 2. The number of aromatic nitrogens is 1. The predicted molar refractivity (Wildman–Crippen MR) is 97.7 cm³/mol. The SMILES string of the molecule is CC(C)N(CCO)C(=O)c1ccc2oc(-c3ccc(C(F)(F)F)cc3)nc2c1. The minimum absolute atomic E-state index is 0.0876. The van der Waals surface area contributed by atoms with Crippen LogP contribution in [-0.4, -0.2) is 40.1 Å². The van der Waals surface area contributed by atoms with Gasteiger partial charge in [0.15, 0.2) is 5.58 Å². The van der Waals surface area contributed by atoms with E-state index in [0.717, 1.165) is 12.1 Å². The summed E-state index contributed by atoms with van der Waals surface area (Å²) in [4.78, 5) is 18.5. The van der Waals surface area contributed by atoms with Crippen LogP contribution in [0.25, 0.3) is 22.6 Å². The fourth-order valence-corrected chi connectivity index (χ4v) is 2.85. The Kier molecular flexibility index (Phi) is 5.42. The summed E-state index contributed by atoms with van der Waals surface area (Å²) in [5.74, 6) is -0.0746. The summed E-state index contributed by atoms with van der Waals surface area (Å²) >= 11 is 0. The molecule has 148 valence electrons. The number of aliphatic hydroxyl groups excluding tert-OH is 1. The summed E-state index contributed by atoms with van der Waals surface area (Å²) in [5, 5.41) is 9.16. The molecule has 0 aliphatic heterocycles. The average molecular weight is 392 g/mol. The molecule has 8 heteroatoms. The minimum atomic E-state index is -4.41. The molecule has 0 spiro atoms. The van der Waals surface area contributed by atoms with Crippen molar-refractivity contribution in [2.24, 2.45) is 0 Å². The molecule has 0 bridgehead atoms. The van der Waals surface area contributed by atoms with Crippen molar-refractivity contribution in [1.82, 2.24) is 9.88 Å². The van der Waals surface area contributed by atoms with Crippen LogP contribution in [-0.2, 0) is 6.18 Å². The molecule has 3 aromatic rings. The molecular formula is C20H19F3N2O3. The van der Waals surface area contributed by atoms with Gasteiger partial charge in [-0.2, -0.15) is 13.2 Å². The largest absolute Gasteiger partial charge is 0.436 e. The second-order valence-electron chi connectivity index (χ2n) is 6.59. The molecular weight excluding hydrogens is 373 g/mol. The third kappa shape index (κ3) is 4.01. The molecule has 5 nitrogen and oxygen atoms in total. The van der Waals surface area contributed by atoms with Crippen molar-refractivity contribution >= 4 is 17.0 Å². The predicted octanol–water partition coefficient (Wildman–Crippen LogP) is 4.36. The highest BCUT2D eigenvalue weighted by Crippen LogP contribution is 2.31. The molecule has 0 fully saturated rings. The Hall–Kier alpha value is -2.87. The van der Waals surface area contributed by atoms with E-state index >= 15 is 0 Å². The van der Waals surface area contributed by atoms with Gasteiger partial charge >= 0.3 is 6.18 Å². The number of carbonyl (C=O) groups excluding carboxylic acids is 1. The molecule has 1 heterocycles. The Morgan fingerprint density at radius 3 is 2.43 bits per heavy atom. The monoisotopic (exact) mass is 392 g/mol. The number of hydrogen-bond donors (Lipinski definition) is 1. The van der Waals surface area contributed by atoms with Gasteiger partial charge in [0.2, 0.25) is 5.89 Å². The van der Waals surface area contributed by atoms with Crippen molar-refractivity contribution in [2.45, 2.75) is 26.1 Å². The fraction of sp³-hybridized carbons (Fsp3) is 0.300. The molecule has 1 N–H and O–H groups in total. The summed E-state index contributed by atoms with van der Waals surface area (Å²) in [5.41, 5.74) is 0.888. The lowest BCUT2D eigenvalue weighted by Crippen LogP contribution is -2.38. The second kappa shape index (κ2) is 7.63. The van der Waals surface area contributed by atoms with Gasteiger partial charge in [-0.3, -0.25) is 4.79 Å². The smallest absolute Gasteiger partial charge is 0.416 e. The molecule has 2 aromatic carbocycles. The van der Waals surface area contributed by atoms with Crippen LogP contribution < -0.4 is 0 Å². The van der Waals surface area contributed by atoms with Crippen LogP contribution in [0.5, 0.6) is 0 Å². The summed E-state index contributed by atoms with van der Waals surface area (Å²) in [7, 11) is 0. The first-order valence-electron chi connectivity index (χ1n) is 8.70. The van der Waals surface area contributed by atoms with Crippen molar-refractivity contribution in [3.63, 3.8) is 0 Å². The van der Waals surface area contributed by atoms with Gasteiger partial charge in [-0.05, 0) is 56.3 Å². The lowest BCUT2D eigenvalue weighted by molar-refractivity contribution is -0.137. The number of rotatable bonds is 5. The van der Waals surface area contributed by atoms with Crippen LogP contribution >= 0.6 is 0 Å². The number of amides is 1. The molecule has 0 saturated carbocycles. The van der Waals surface area contributed by atoms with Crippen LogP contribution in [0.2, 0.25) is 0 Å². The van der Waals surface area contributed by atoms with E-state index in [4.69, 9.17) is 9.52 Å². The topological polar surface area (TPSA) is 66.6 Å². The zero-order chi connectivity index (χ0) is 20.5. The van der Waals surface area contributed by atoms with Crippen LogP contribution in [0, 0.1) is 0 Å². The number of fused-ring (bicyclic) bond motifs is 1. The van der Waals surface area contributed by atoms with Crippen LogP contribution in [0.15, 0.2) is 46.9 Å². The van der Waals surface area contributed by atoms with Crippen molar-refractivity contribution in [3.05, 3.63) is 53.6 Å². The van der Waals surface area contributed by atoms with Gasteiger partial charge in [-0.1, -0.05) is 0 Å². The Morgan fingerprint density at radius 2 is 1.86 bits per heavy atom. The van der Waals surface area contributed by atoms with Crippen molar-refractivity contribution < 1.29 is 27.5 Å². The van der Waals surface area contributed by atoms with Crippen LogP contribution in [0.3, 0.4) is 0 Å². The Morgan fingerprint density at radius 1 is 1.18 bits per heavy atom. The maximum absolute atomic E-state index is 12.7. The first-order valence-corrected chi connectivity index (χ1v) is 8.70. The first kappa shape index (κ1) is 19.9. The summed E-state index contributed by atoms with van der Waals surface area (Å²) in [6, 6.07) is 9.20. The summed E-state index contributed by atoms with van der Waals surface area (Å²) in [6.45, 7) is 3.77. The molecule has 0 atom stereocenters. The molecule has 0 aliphatic rings. The minimum Gasteiger partial charge on any atom is -0.436 e. The molecule has 0 saturated heterocycles. The number of nitrogens with zero attached hydrogens (tertiary/aromatic N) is 2. The average Bonchev–Trinajstić information content (AvgIpc) is 3.08. The van der Waals surface area contributed by atoms with E-state index in [1.807, 2.05) is 13.8 Å². The molecule has 1 amide bonds. The quantitative estimate of drug-likeness (QED) is 0.701. The van der Waals surface area contributed by atoms with Gasteiger partial charge in [0.05, 0.1) is 12.2 Å². The lowest BCUT2D eigenvalue weighted by Gasteiger charge is -2.25. The molecule has 1 aromatic heterocycles. The zero-order valence-corrected chi connectivity index (χ0v) is 15.3. The van der Waals surface area contributed by atoms with Crippen molar-refractivity contribution in [2.75, 3.05) is 13.2 Å². The molecule has 0 aliphatic carbocycles. The Balaban J connectivity index is 1.91. The normalized spacial score (nSPS) is 12.0. The van der Waals surface area contributed by atoms with Gasteiger partial charge in [-0.25, -0.2) is 4.98 Å². The molecule has 3 rings (SSSR count). The van der Waals surface area contributed by atoms with Crippen molar-refractivity contribution in [3.8, 4) is 11.5 Å². The fourth-order valence-electron chi connectivity index (χ4n) is 2.85. The third-order valence-corrected chi connectivity index (χ3v) is 4.32. The van der Waals surface area contributed by atoms with E-state index in [0.29, 0.717) is 22.2 Å². The van der Waals surface area contributed by atoms with Gasteiger partial charge in [-0.15, -0.1) is 0 Å². The van der Waals surface area contributed by atoms with Gasteiger partial charge in [0, 0.05) is 23.7 Å². The van der Waals surface area contributed by atoms with E-state index in [2.05, 4.69) is 4.98 Å². The number of halogens is 3. The van der Waals surface area contributed by atoms with Gasteiger partial charge in [0.25, 0.3) is 5.91 Å². The number of aliphatic hydroxyl groups is 1. The Bertz CT molecular complexity index is 979. The van der Waals surface area contributed by atoms with Crippen molar-refractivity contribution in [1.29, 1.82) is 0 Å². The molecule has 0 radical (unpaired) electrons. The second-order valence-corrected chi connectivity index (χ2v) is 6.59. The first-order chi connectivity index (χ1) is 13.2. The van der Waals surface area contributed by atoms with E-state index in [1.54, 1.807) is 18.2 Å². The van der Waals surface area contributed by atoms with E-state index in [-0.39, 0.29) is 31.0 Å². The molecule has 28 heavy (non-hydrogen) atoms. The Labute approximate surface area is 159 Å². The van der Waals surface area contributed by atoms with Crippen LogP contribution in [0.1, 0.15) is 29.8 Å². The van der Waals surface area contributed by atoms with Crippen LogP contribution in [0.4, 0.5) is 13.2 Å². The number of carbonyl (C=O) groups is 1. The van der Waals surface area contributed by atoms with E-state index in [9.17, 15) is 18.0 Å². The highest BCUT2D eigenvalue weighted by molar-refractivity contribution is 5.97. The van der Waals surface area contributed by atoms with Gasteiger partial charge in [0.1, 0.15) is 5.52 Å².